The zero-order chi connectivity index (χ0) is 15.3. The summed E-state index contributed by atoms with van der Waals surface area (Å²) in [6.45, 7) is 9.10. The standard InChI is InChI=1S/C15H21NO3S/c1-10(15(2,3)4)9-16-14(19)13-11(7-8-20-13)5-6-12(17)18/h5-8,10H,9H2,1-4H3,(H,16,19)(H,17,18)/b6-5+. The Bertz CT molecular complexity index is 511. The van der Waals surface area contributed by atoms with Crippen LogP contribution in [0.15, 0.2) is 17.5 Å². The number of carboxylic acid groups (broad SMARTS) is 1. The second-order valence-electron chi connectivity index (χ2n) is 5.85. The maximum Gasteiger partial charge on any atom is 0.328 e. The van der Waals surface area contributed by atoms with Crippen LogP contribution < -0.4 is 5.32 Å². The molecule has 4 nitrogen and oxygen atoms in total. The van der Waals surface area contributed by atoms with Gasteiger partial charge in [0.1, 0.15) is 0 Å². The fourth-order valence-electron chi connectivity index (χ4n) is 1.43. The van der Waals surface area contributed by atoms with Gasteiger partial charge in [0.2, 0.25) is 0 Å². The van der Waals surface area contributed by atoms with Crippen LogP contribution in [0.4, 0.5) is 0 Å². The summed E-state index contributed by atoms with van der Waals surface area (Å²) in [5.41, 5.74) is 0.771. The molecule has 5 heteroatoms. The summed E-state index contributed by atoms with van der Waals surface area (Å²) >= 11 is 1.31. The van der Waals surface area contributed by atoms with Crippen LogP contribution in [0.2, 0.25) is 0 Å². The minimum Gasteiger partial charge on any atom is -0.478 e. The van der Waals surface area contributed by atoms with E-state index in [1.165, 1.54) is 17.4 Å². The molecule has 1 rings (SSSR count). The SMILES string of the molecule is CC(CNC(=O)c1sccc1/C=C/C(=O)O)C(C)(C)C. The van der Waals surface area contributed by atoms with Gasteiger partial charge in [0.15, 0.2) is 0 Å². The van der Waals surface area contributed by atoms with Crippen molar-refractivity contribution in [1.29, 1.82) is 0 Å². The normalized spacial score (nSPS) is 13.4. The lowest BCUT2D eigenvalue weighted by Crippen LogP contribution is -2.33. The molecule has 0 aliphatic heterocycles. The fraction of sp³-hybridized carbons (Fsp3) is 0.467. The number of carbonyl (C=O) groups excluding carboxylic acids is 1. The molecule has 0 spiro atoms. The summed E-state index contributed by atoms with van der Waals surface area (Å²) in [5.74, 6) is -0.825. The van der Waals surface area contributed by atoms with E-state index in [1.54, 1.807) is 11.4 Å². The average Bonchev–Trinajstić information content (AvgIpc) is 2.80. The maximum absolute atomic E-state index is 12.1. The third-order valence-electron chi connectivity index (χ3n) is 3.35. The second kappa shape index (κ2) is 6.70. The molecule has 0 radical (unpaired) electrons. The smallest absolute Gasteiger partial charge is 0.328 e. The Hall–Kier alpha value is -1.62. The van der Waals surface area contributed by atoms with Gasteiger partial charge in [-0.3, -0.25) is 4.79 Å². The van der Waals surface area contributed by atoms with Gasteiger partial charge < -0.3 is 10.4 Å². The van der Waals surface area contributed by atoms with Crippen molar-refractivity contribution in [3.63, 3.8) is 0 Å². The molecule has 1 aromatic heterocycles. The van der Waals surface area contributed by atoms with Gasteiger partial charge in [-0.05, 0) is 34.4 Å². The van der Waals surface area contributed by atoms with Gasteiger partial charge in [-0.15, -0.1) is 11.3 Å². The molecule has 1 aromatic rings. The first-order valence-electron chi connectivity index (χ1n) is 6.48. The van der Waals surface area contributed by atoms with Crippen molar-refractivity contribution in [2.45, 2.75) is 27.7 Å². The minimum absolute atomic E-state index is 0.134. The number of carbonyl (C=O) groups is 2. The summed E-state index contributed by atoms with van der Waals surface area (Å²) in [4.78, 5) is 23.2. The Labute approximate surface area is 123 Å². The molecule has 0 aliphatic rings. The van der Waals surface area contributed by atoms with Crippen molar-refractivity contribution >= 4 is 29.3 Å². The molecule has 110 valence electrons. The molecule has 1 atom stereocenters. The van der Waals surface area contributed by atoms with E-state index in [2.05, 4.69) is 33.0 Å². The fourth-order valence-corrected chi connectivity index (χ4v) is 2.23. The van der Waals surface area contributed by atoms with Gasteiger partial charge >= 0.3 is 5.97 Å². The zero-order valence-electron chi connectivity index (χ0n) is 12.3. The first-order valence-corrected chi connectivity index (χ1v) is 7.36. The van der Waals surface area contributed by atoms with Crippen LogP contribution in [0.1, 0.15) is 42.9 Å². The third-order valence-corrected chi connectivity index (χ3v) is 4.28. The van der Waals surface area contributed by atoms with E-state index in [0.29, 0.717) is 22.9 Å². The van der Waals surface area contributed by atoms with E-state index < -0.39 is 5.97 Å². The Morgan fingerprint density at radius 1 is 1.45 bits per heavy atom. The molecule has 1 unspecified atom stereocenters. The van der Waals surface area contributed by atoms with Gasteiger partial charge in [0.25, 0.3) is 5.91 Å². The predicted molar refractivity (Wildman–Crippen MR) is 81.9 cm³/mol. The monoisotopic (exact) mass is 295 g/mol. The summed E-state index contributed by atoms with van der Waals surface area (Å²) in [5, 5.41) is 13.3. The summed E-state index contributed by atoms with van der Waals surface area (Å²) in [6.07, 6.45) is 2.48. The number of carboxylic acids is 1. The van der Waals surface area contributed by atoms with Crippen molar-refractivity contribution in [3.8, 4) is 0 Å². The van der Waals surface area contributed by atoms with Crippen LogP contribution in [0.3, 0.4) is 0 Å². The van der Waals surface area contributed by atoms with Crippen LogP contribution >= 0.6 is 11.3 Å². The Balaban J connectivity index is 2.70. The minimum atomic E-state index is -1.02. The topological polar surface area (TPSA) is 66.4 Å². The number of hydrogen-bond acceptors (Lipinski definition) is 3. The number of amides is 1. The van der Waals surface area contributed by atoms with Gasteiger partial charge in [0.05, 0.1) is 4.88 Å². The Kier molecular flexibility index (Phi) is 5.51. The first kappa shape index (κ1) is 16.4. The number of hydrogen-bond donors (Lipinski definition) is 2. The Morgan fingerprint density at radius 3 is 2.65 bits per heavy atom. The molecule has 0 bridgehead atoms. The number of aliphatic carboxylic acids is 1. The van der Waals surface area contributed by atoms with E-state index in [1.807, 2.05) is 0 Å². The molecule has 0 fully saturated rings. The highest BCUT2D eigenvalue weighted by Gasteiger charge is 2.21. The molecule has 20 heavy (non-hydrogen) atoms. The van der Waals surface area contributed by atoms with Crippen LogP contribution in [0.5, 0.6) is 0 Å². The van der Waals surface area contributed by atoms with Crippen molar-refractivity contribution in [3.05, 3.63) is 28.0 Å². The molecular formula is C15H21NO3S. The van der Waals surface area contributed by atoms with Gasteiger partial charge in [0, 0.05) is 12.6 Å². The van der Waals surface area contributed by atoms with Crippen molar-refractivity contribution in [1.82, 2.24) is 5.32 Å². The first-order chi connectivity index (χ1) is 9.21. The third kappa shape index (κ3) is 4.81. The lowest BCUT2D eigenvalue weighted by Gasteiger charge is -2.27. The lowest BCUT2D eigenvalue weighted by atomic mass is 9.82. The number of thiophene rings is 1. The summed E-state index contributed by atoms with van der Waals surface area (Å²) in [7, 11) is 0. The molecule has 0 saturated heterocycles. The van der Waals surface area contributed by atoms with Crippen LogP contribution in [-0.2, 0) is 4.79 Å². The van der Waals surface area contributed by atoms with E-state index in [0.717, 1.165) is 6.08 Å². The highest BCUT2D eigenvalue weighted by molar-refractivity contribution is 7.12. The van der Waals surface area contributed by atoms with Crippen LogP contribution in [0.25, 0.3) is 6.08 Å². The maximum atomic E-state index is 12.1. The average molecular weight is 295 g/mol. The van der Waals surface area contributed by atoms with Crippen LogP contribution in [-0.4, -0.2) is 23.5 Å². The van der Waals surface area contributed by atoms with Crippen molar-refractivity contribution in [2.24, 2.45) is 11.3 Å². The van der Waals surface area contributed by atoms with E-state index in [4.69, 9.17) is 5.11 Å². The summed E-state index contributed by atoms with van der Waals surface area (Å²) < 4.78 is 0. The Morgan fingerprint density at radius 2 is 2.10 bits per heavy atom. The van der Waals surface area contributed by atoms with Gasteiger partial charge in [-0.2, -0.15) is 0 Å². The van der Waals surface area contributed by atoms with E-state index >= 15 is 0 Å². The molecule has 0 saturated carbocycles. The highest BCUT2D eigenvalue weighted by Crippen LogP contribution is 2.25. The van der Waals surface area contributed by atoms with Crippen molar-refractivity contribution in [2.75, 3.05) is 6.54 Å². The zero-order valence-corrected chi connectivity index (χ0v) is 13.1. The van der Waals surface area contributed by atoms with Crippen molar-refractivity contribution < 1.29 is 14.7 Å². The molecule has 1 amide bonds. The largest absolute Gasteiger partial charge is 0.478 e. The quantitative estimate of drug-likeness (QED) is 0.819. The number of nitrogens with one attached hydrogen (secondary N) is 1. The van der Waals surface area contributed by atoms with E-state index in [-0.39, 0.29) is 11.3 Å². The lowest BCUT2D eigenvalue weighted by molar-refractivity contribution is -0.131. The second-order valence-corrected chi connectivity index (χ2v) is 6.77. The summed E-state index contributed by atoms with van der Waals surface area (Å²) in [6, 6.07) is 1.74. The van der Waals surface area contributed by atoms with Gasteiger partial charge in [-0.25, -0.2) is 4.79 Å². The molecular weight excluding hydrogens is 274 g/mol. The predicted octanol–water partition coefficient (Wildman–Crippen LogP) is 3.26. The van der Waals surface area contributed by atoms with Crippen LogP contribution in [0, 0.1) is 11.3 Å². The van der Waals surface area contributed by atoms with E-state index in [9.17, 15) is 9.59 Å². The molecule has 1 heterocycles. The number of rotatable bonds is 5. The van der Waals surface area contributed by atoms with Gasteiger partial charge in [-0.1, -0.05) is 27.7 Å². The molecule has 2 N–H and O–H groups in total. The molecule has 0 aromatic carbocycles. The highest BCUT2D eigenvalue weighted by atomic mass is 32.1. The molecule has 0 aliphatic carbocycles.